The summed E-state index contributed by atoms with van der Waals surface area (Å²) >= 11 is 0. The Hall–Kier alpha value is -1.68. The first-order valence-corrected chi connectivity index (χ1v) is 6.20. The second-order valence-electron chi connectivity index (χ2n) is 4.28. The molecule has 0 saturated carbocycles. The predicted molar refractivity (Wildman–Crippen MR) is 70.7 cm³/mol. The fourth-order valence-electron chi connectivity index (χ4n) is 2.03. The van der Waals surface area contributed by atoms with Crippen LogP contribution in [0.2, 0.25) is 0 Å². The van der Waals surface area contributed by atoms with Gasteiger partial charge in [0.1, 0.15) is 11.6 Å². The van der Waals surface area contributed by atoms with Crippen molar-refractivity contribution < 1.29 is 4.39 Å². The van der Waals surface area contributed by atoms with Gasteiger partial charge >= 0.3 is 0 Å². The summed E-state index contributed by atoms with van der Waals surface area (Å²) in [5.41, 5.74) is 1.63. The molecule has 0 unspecified atom stereocenters. The summed E-state index contributed by atoms with van der Waals surface area (Å²) in [6.07, 6.45) is 4.79. The fraction of sp³-hybridized carbons (Fsp3) is 0.357. The van der Waals surface area contributed by atoms with E-state index in [4.69, 9.17) is 0 Å². The number of rotatable bonds is 5. The Labute approximate surface area is 107 Å². The number of nitrogens with zero attached hydrogens (tertiary/aromatic N) is 2. The molecule has 0 radical (unpaired) electrons. The van der Waals surface area contributed by atoms with E-state index in [2.05, 4.69) is 21.8 Å². The molecule has 1 heterocycles. The molecule has 96 valence electrons. The van der Waals surface area contributed by atoms with Crippen molar-refractivity contribution in [3.05, 3.63) is 42.0 Å². The summed E-state index contributed by atoms with van der Waals surface area (Å²) in [7, 11) is 1.81. The Kier molecular flexibility index (Phi) is 4.10. The van der Waals surface area contributed by atoms with Gasteiger partial charge in [0.15, 0.2) is 0 Å². The van der Waals surface area contributed by atoms with Crippen molar-refractivity contribution in [1.29, 1.82) is 0 Å². The van der Waals surface area contributed by atoms with Crippen LogP contribution in [-0.4, -0.2) is 16.6 Å². The molecule has 1 aromatic carbocycles. The maximum Gasteiger partial charge on any atom is 0.139 e. The van der Waals surface area contributed by atoms with Gasteiger partial charge in [0.05, 0.1) is 0 Å². The SMILES string of the molecule is CCCn1ccnc1-c1ccc(F)c(CNC)c1. The molecule has 0 spiro atoms. The first kappa shape index (κ1) is 12.8. The van der Waals surface area contributed by atoms with E-state index in [0.717, 1.165) is 24.4 Å². The van der Waals surface area contributed by atoms with E-state index in [-0.39, 0.29) is 5.82 Å². The molecular formula is C14H18FN3. The third kappa shape index (κ3) is 2.59. The van der Waals surface area contributed by atoms with Gasteiger partial charge in [-0.25, -0.2) is 9.37 Å². The van der Waals surface area contributed by atoms with Gasteiger partial charge in [0.25, 0.3) is 0 Å². The zero-order valence-electron chi connectivity index (χ0n) is 10.8. The average molecular weight is 247 g/mol. The van der Waals surface area contributed by atoms with Crippen LogP contribution in [0.5, 0.6) is 0 Å². The highest BCUT2D eigenvalue weighted by Gasteiger charge is 2.08. The molecule has 0 bridgehead atoms. The Balaban J connectivity index is 2.38. The maximum atomic E-state index is 13.6. The van der Waals surface area contributed by atoms with E-state index in [1.54, 1.807) is 12.3 Å². The number of halogens is 1. The van der Waals surface area contributed by atoms with Crippen LogP contribution in [0.4, 0.5) is 4.39 Å². The molecule has 18 heavy (non-hydrogen) atoms. The lowest BCUT2D eigenvalue weighted by Crippen LogP contribution is -2.07. The molecule has 0 saturated heterocycles. The molecule has 0 fully saturated rings. The summed E-state index contributed by atoms with van der Waals surface area (Å²) in [6.45, 7) is 3.57. The van der Waals surface area contributed by atoms with Gasteiger partial charge < -0.3 is 9.88 Å². The normalized spacial score (nSPS) is 10.8. The topological polar surface area (TPSA) is 29.9 Å². The smallest absolute Gasteiger partial charge is 0.139 e. The molecule has 0 amide bonds. The van der Waals surface area contributed by atoms with E-state index >= 15 is 0 Å². The van der Waals surface area contributed by atoms with Crippen molar-refractivity contribution in [1.82, 2.24) is 14.9 Å². The van der Waals surface area contributed by atoms with Crippen LogP contribution in [-0.2, 0) is 13.1 Å². The van der Waals surface area contributed by atoms with Gasteiger partial charge in [-0.05, 0) is 31.7 Å². The summed E-state index contributed by atoms with van der Waals surface area (Å²) in [5.74, 6) is 0.718. The van der Waals surface area contributed by atoms with Crippen LogP contribution in [0, 0.1) is 5.82 Å². The van der Waals surface area contributed by atoms with Crippen LogP contribution in [0.1, 0.15) is 18.9 Å². The van der Waals surface area contributed by atoms with Gasteiger partial charge in [-0.3, -0.25) is 0 Å². The quantitative estimate of drug-likeness (QED) is 0.880. The van der Waals surface area contributed by atoms with Crippen LogP contribution in [0.3, 0.4) is 0 Å². The van der Waals surface area contributed by atoms with E-state index in [0.29, 0.717) is 12.1 Å². The molecule has 1 N–H and O–H groups in total. The maximum absolute atomic E-state index is 13.6. The summed E-state index contributed by atoms with van der Waals surface area (Å²) in [6, 6.07) is 5.15. The van der Waals surface area contributed by atoms with Crippen LogP contribution >= 0.6 is 0 Å². The Morgan fingerprint density at radius 1 is 1.39 bits per heavy atom. The molecule has 0 aliphatic rings. The van der Waals surface area contributed by atoms with E-state index in [1.807, 2.05) is 19.3 Å². The number of nitrogens with one attached hydrogen (secondary N) is 1. The summed E-state index contributed by atoms with van der Waals surface area (Å²) in [4.78, 5) is 4.36. The van der Waals surface area contributed by atoms with Gasteiger partial charge in [-0.1, -0.05) is 6.92 Å². The van der Waals surface area contributed by atoms with Gasteiger partial charge in [0, 0.05) is 36.6 Å². The molecular weight excluding hydrogens is 229 g/mol. The second-order valence-corrected chi connectivity index (χ2v) is 4.28. The highest BCUT2D eigenvalue weighted by Crippen LogP contribution is 2.21. The van der Waals surface area contributed by atoms with Crippen molar-refractivity contribution in [3.63, 3.8) is 0 Å². The molecule has 0 aliphatic carbocycles. The van der Waals surface area contributed by atoms with Crippen LogP contribution in [0.25, 0.3) is 11.4 Å². The minimum Gasteiger partial charge on any atom is -0.331 e. The molecule has 3 nitrogen and oxygen atoms in total. The fourth-order valence-corrected chi connectivity index (χ4v) is 2.03. The number of aryl methyl sites for hydroxylation is 1. The third-order valence-electron chi connectivity index (χ3n) is 2.85. The minimum atomic E-state index is -0.179. The van der Waals surface area contributed by atoms with Crippen molar-refractivity contribution in [2.45, 2.75) is 26.4 Å². The Bertz CT molecular complexity index is 520. The average Bonchev–Trinajstić information content (AvgIpc) is 2.81. The van der Waals surface area contributed by atoms with Gasteiger partial charge in [-0.2, -0.15) is 0 Å². The molecule has 0 aliphatic heterocycles. The lowest BCUT2D eigenvalue weighted by atomic mass is 10.1. The number of hydrogen-bond donors (Lipinski definition) is 1. The molecule has 2 rings (SSSR count). The summed E-state index contributed by atoms with van der Waals surface area (Å²) < 4.78 is 15.7. The molecule has 0 atom stereocenters. The number of hydrogen-bond acceptors (Lipinski definition) is 2. The lowest BCUT2D eigenvalue weighted by Gasteiger charge is -2.09. The molecule has 1 aromatic heterocycles. The van der Waals surface area contributed by atoms with Crippen LogP contribution < -0.4 is 5.32 Å². The predicted octanol–water partition coefficient (Wildman–Crippen LogP) is 2.82. The second kappa shape index (κ2) is 5.78. The highest BCUT2D eigenvalue weighted by atomic mass is 19.1. The summed E-state index contributed by atoms with van der Waals surface area (Å²) in [5, 5.41) is 2.97. The van der Waals surface area contributed by atoms with E-state index < -0.39 is 0 Å². The minimum absolute atomic E-state index is 0.179. The van der Waals surface area contributed by atoms with Crippen LogP contribution in [0.15, 0.2) is 30.6 Å². The first-order chi connectivity index (χ1) is 8.76. The van der Waals surface area contributed by atoms with Gasteiger partial charge in [0.2, 0.25) is 0 Å². The zero-order valence-corrected chi connectivity index (χ0v) is 10.8. The van der Waals surface area contributed by atoms with Crippen molar-refractivity contribution in [2.75, 3.05) is 7.05 Å². The lowest BCUT2D eigenvalue weighted by molar-refractivity contribution is 0.601. The standard InChI is InChI=1S/C14H18FN3/c1-3-7-18-8-6-17-14(18)11-4-5-13(15)12(9-11)10-16-2/h4-6,8-9,16H,3,7,10H2,1-2H3. The molecule has 2 aromatic rings. The van der Waals surface area contributed by atoms with Crippen molar-refractivity contribution in [3.8, 4) is 11.4 Å². The van der Waals surface area contributed by atoms with E-state index in [9.17, 15) is 4.39 Å². The Morgan fingerprint density at radius 3 is 2.94 bits per heavy atom. The Morgan fingerprint density at radius 2 is 2.22 bits per heavy atom. The number of imidazole rings is 1. The number of benzene rings is 1. The molecule has 4 heteroatoms. The van der Waals surface area contributed by atoms with E-state index in [1.165, 1.54) is 6.07 Å². The first-order valence-electron chi connectivity index (χ1n) is 6.20. The van der Waals surface area contributed by atoms with Crippen molar-refractivity contribution in [2.24, 2.45) is 0 Å². The van der Waals surface area contributed by atoms with Gasteiger partial charge in [-0.15, -0.1) is 0 Å². The number of aromatic nitrogens is 2. The third-order valence-corrected chi connectivity index (χ3v) is 2.85. The van der Waals surface area contributed by atoms with Crippen molar-refractivity contribution >= 4 is 0 Å². The highest BCUT2D eigenvalue weighted by molar-refractivity contribution is 5.57. The largest absolute Gasteiger partial charge is 0.331 e. The zero-order chi connectivity index (χ0) is 13.0. The monoisotopic (exact) mass is 247 g/mol.